The van der Waals surface area contributed by atoms with Gasteiger partial charge in [-0.1, -0.05) is 0 Å². The van der Waals surface area contributed by atoms with Gasteiger partial charge in [-0.05, 0) is 57.9 Å². The van der Waals surface area contributed by atoms with Crippen molar-refractivity contribution in [2.75, 3.05) is 6.54 Å². The number of nitrogens with one attached hydrogen (secondary N) is 1. The summed E-state index contributed by atoms with van der Waals surface area (Å²) in [7, 11) is 0. The van der Waals surface area contributed by atoms with Crippen LogP contribution in [-0.2, 0) is 0 Å². The fourth-order valence-corrected chi connectivity index (χ4v) is 1.67. The maximum absolute atomic E-state index is 8.90. The number of nitriles is 1. The Balaban J connectivity index is 2.26. The Hall–Kier alpha value is -1.40. The number of aromatic nitrogens is 1. The minimum atomic E-state index is -0.207. The first-order valence-corrected chi connectivity index (χ1v) is 6.10. The van der Waals surface area contributed by atoms with E-state index in [1.165, 1.54) is 5.56 Å². The van der Waals surface area contributed by atoms with Gasteiger partial charge in [0.25, 0.3) is 0 Å². The van der Waals surface area contributed by atoms with E-state index in [0.29, 0.717) is 6.04 Å². The average Bonchev–Trinajstić information content (AvgIpc) is 2.35. The van der Waals surface area contributed by atoms with Crippen molar-refractivity contribution in [3.8, 4) is 6.07 Å². The molecule has 0 saturated heterocycles. The molecule has 0 aromatic carbocycles. The van der Waals surface area contributed by atoms with Crippen molar-refractivity contribution in [3.05, 3.63) is 30.1 Å². The largest absolute Gasteiger partial charge is 0.310 e. The van der Waals surface area contributed by atoms with Crippen molar-refractivity contribution >= 4 is 0 Å². The molecule has 1 atom stereocenters. The van der Waals surface area contributed by atoms with E-state index in [1.807, 2.05) is 38.4 Å². The van der Waals surface area contributed by atoms with Crippen LogP contribution in [0.4, 0.5) is 0 Å². The smallest absolute Gasteiger partial charge is 0.0683 e. The summed E-state index contributed by atoms with van der Waals surface area (Å²) in [5.41, 5.74) is 1.04. The van der Waals surface area contributed by atoms with Crippen LogP contribution >= 0.6 is 0 Å². The Morgan fingerprint density at radius 2 is 2.06 bits per heavy atom. The summed E-state index contributed by atoms with van der Waals surface area (Å²) in [4.78, 5) is 4.00. The molecular formula is C14H21N3. The van der Waals surface area contributed by atoms with Crippen molar-refractivity contribution in [3.63, 3.8) is 0 Å². The van der Waals surface area contributed by atoms with Crippen molar-refractivity contribution in [1.29, 1.82) is 5.26 Å². The summed E-state index contributed by atoms with van der Waals surface area (Å²) in [6, 6.07) is 6.71. The molecule has 0 unspecified atom stereocenters. The lowest BCUT2D eigenvalue weighted by atomic mass is 9.90. The maximum Gasteiger partial charge on any atom is 0.0683 e. The van der Waals surface area contributed by atoms with Gasteiger partial charge in [-0.15, -0.1) is 0 Å². The molecule has 17 heavy (non-hydrogen) atoms. The van der Waals surface area contributed by atoms with Gasteiger partial charge in [0, 0.05) is 18.4 Å². The predicted molar refractivity (Wildman–Crippen MR) is 69.3 cm³/mol. The van der Waals surface area contributed by atoms with Crippen LogP contribution in [-0.4, -0.2) is 11.5 Å². The van der Waals surface area contributed by atoms with Crippen LogP contribution in [0.3, 0.4) is 0 Å². The van der Waals surface area contributed by atoms with Gasteiger partial charge < -0.3 is 5.32 Å². The van der Waals surface area contributed by atoms with E-state index in [0.717, 1.165) is 19.4 Å². The van der Waals surface area contributed by atoms with Gasteiger partial charge in [-0.3, -0.25) is 4.98 Å². The van der Waals surface area contributed by atoms with Gasteiger partial charge in [0.15, 0.2) is 0 Å². The van der Waals surface area contributed by atoms with Gasteiger partial charge in [-0.25, -0.2) is 0 Å². The third-order valence-electron chi connectivity index (χ3n) is 2.94. The van der Waals surface area contributed by atoms with E-state index < -0.39 is 0 Å². The molecule has 0 fully saturated rings. The van der Waals surface area contributed by atoms with Crippen molar-refractivity contribution in [1.82, 2.24) is 10.3 Å². The second kappa shape index (κ2) is 6.36. The molecule has 1 heterocycles. The van der Waals surface area contributed by atoms with Crippen LogP contribution in [0, 0.1) is 16.7 Å². The third kappa shape index (κ3) is 4.97. The summed E-state index contributed by atoms with van der Waals surface area (Å²) in [6.07, 6.45) is 5.58. The van der Waals surface area contributed by atoms with Crippen molar-refractivity contribution in [2.24, 2.45) is 5.41 Å². The fourth-order valence-electron chi connectivity index (χ4n) is 1.67. The van der Waals surface area contributed by atoms with Crippen LogP contribution in [0.1, 0.15) is 45.2 Å². The first kappa shape index (κ1) is 13.7. The highest BCUT2D eigenvalue weighted by molar-refractivity contribution is 5.13. The lowest BCUT2D eigenvalue weighted by Crippen LogP contribution is -2.21. The Bertz CT molecular complexity index is 365. The van der Waals surface area contributed by atoms with Gasteiger partial charge in [0.05, 0.1) is 11.5 Å². The highest BCUT2D eigenvalue weighted by Crippen LogP contribution is 2.20. The second-order valence-electron chi connectivity index (χ2n) is 5.06. The zero-order valence-corrected chi connectivity index (χ0v) is 10.9. The molecule has 0 saturated carbocycles. The molecule has 0 aliphatic heterocycles. The number of rotatable bonds is 6. The maximum atomic E-state index is 8.90. The summed E-state index contributed by atoms with van der Waals surface area (Å²) in [5, 5.41) is 12.4. The van der Waals surface area contributed by atoms with Gasteiger partial charge in [-0.2, -0.15) is 5.26 Å². The quantitative estimate of drug-likeness (QED) is 0.765. The molecule has 1 aromatic rings. The third-order valence-corrected chi connectivity index (χ3v) is 2.94. The second-order valence-corrected chi connectivity index (χ2v) is 5.06. The molecule has 0 aliphatic carbocycles. The minimum absolute atomic E-state index is 0.207. The Kier molecular flexibility index (Phi) is 5.11. The first-order chi connectivity index (χ1) is 8.05. The summed E-state index contributed by atoms with van der Waals surface area (Å²) in [5.74, 6) is 0. The Morgan fingerprint density at radius 3 is 2.65 bits per heavy atom. The minimum Gasteiger partial charge on any atom is -0.310 e. The van der Waals surface area contributed by atoms with E-state index in [2.05, 4.69) is 23.3 Å². The van der Waals surface area contributed by atoms with Gasteiger partial charge in [0.1, 0.15) is 0 Å². The average molecular weight is 231 g/mol. The lowest BCUT2D eigenvalue weighted by Gasteiger charge is -2.17. The molecular weight excluding hydrogens is 210 g/mol. The van der Waals surface area contributed by atoms with Gasteiger partial charge >= 0.3 is 0 Å². The summed E-state index contributed by atoms with van der Waals surface area (Å²) >= 11 is 0. The monoisotopic (exact) mass is 231 g/mol. The molecule has 1 aromatic heterocycles. The zero-order chi connectivity index (χ0) is 12.7. The molecule has 92 valence electrons. The standard InChI is InChI=1S/C14H21N3/c1-12(13-5-9-16-10-6-13)17-8-4-7-14(2,3)11-15/h5-6,9-10,12,17H,4,7-8H2,1-3H3/t12-/m1/s1. The predicted octanol–water partition coefficient (Wildman–Crippen LogP) is 3.06. The molecule has 0 bridgehead atoms. The number of nitrogens with zero attached hydrogens (tertiary/aromatic N) is 2. The number of pyridine rings is 1. The van der Waals surface area contributed by atoms with Crippen molar-refractivity contribution in [2.45, 2.75) is 39.7 Å². The normalized spacial score (nSPS) is 13.1. The Morgan fingerprint density at radius 1 is 1.41 bits per heavy atom. The molecule has 3 heteroatoms. The highest BCUT2D eigenvalue weighted by atomic mass is 14.9. The van der Waals surface area contributed by atoms with E-state index in [-0.39, 0.29) is 5.41 Å². The molecule has 3 nitrogen and oxygen atoms in total. The molecule has 0 aliphatic rings. The lowest BCUT2D eigenvalue weighted by molar-refractivity contribution is 0.417. The number of hydrogen-bond donors (Lipinski definition) is 1. The first-order valence-electron chi connectivity index (χ1n) is 6.10. The van der Waals surface area contributed by atoms with E-state index in [4.69, 9.17) is 5.26 Å². The summed E-state index contributed by atoms with van der Waals surface area (Å²) in [6.45, 7) is 7.05. The Labute approximate surface area is 104 Å². The molecule has 1 rings (SSSR count). The SMILES string of the molecule is C[C@@H](NCCCC(C)(C)C#N)c1ccncc1. The van der Waals surface area contributed by atoms with Crippen LogP contribution in [0.15, 0.2) is 24.5 Å². The highest BCUT2D eigenvalue weighted by Gasteiger charge is 2.15. The van der Waals surface area contributed by atoms with Gasteiger partial charge in [0.2, 0.25) is 0 Å². The molecule has 0 radical (unpaired) electrons. The van der Waals surface area contributed by atoms with Crippen LogP contribution in [0.2, 0.25) is 0 Å². The zero-order valence-electron chi connectivity index (χ0n) is 10.9. The van der Waals surface area contributed by atoms with E-state index in [1.54, 1.807) is 0 Å². The fraction of sp³-hybridized carbons (Fsp3) is 0.571. The van der Waals surface area contributed by atoms with Crippen LogP contribution < -0.4 is 5.32 Å². The number of hydrogen-bond acceptors (Lipinski definition) is 3. The molecule has 0 amide bonds. The van der Waals surface area contributed by atoms with E-state index in [9.17, 15) is 0 Å². The molecule has 1 N–H and O–H groups in total. The topological polar surface area (TPSA) is 48.7 Å². The van der Waals surface area contributed by atoms with Crippen molar-refractivity contribution < 1.29 is 0 Å². The summed E-state index contributed by atoms with van der Waals surface area (Å²) < 4.78 is 0. The van der Waals surface area contributed by atoms with Crippen LogP contribution in [0.25, 0.3) is 0 Å². The molecule has 0 spiro atoms. The van der Waals surface area contributed by atoms with E-state index >= 15 is 0 Å². The van der Waals surface area contributed by atoms with Crippen LogP contribution in [0.5, 0.6) is 0 Å².